The third-order valence-corrected chi connectivity index (χ3v) is 5.72. The van der Waals surface area contributed by atoms with Crippen LogP contribution in [0.4, 0.5) is 10.1 Å². The summed E-state index contributed by atoms with van der Waals surface area (Å²) in [6, 6.07) is 12.8. The van der Waals surface area contributed by atoms with E-state index >= 15 is 0 Å². The van der Waals surface area contributed by atoms with Crippen molar-refractivity contribution in [2.75, 3.05) is 44.2 Å². The summed E-state index contributed by atoms with van der Waals surface area (Å²) in [6.45, 7) is 8.44. The van der Waals surface area contributed by atoms with Crippen molar-refractivity contribution in [3.63, 3.8) is 0 Å². The lowest BCUT2D eigenvalue weighted by Gasteiger charge is -2.36. The number of carbonyl (C=O) groups excluding carboxylic acids is 2. The Kier molecular flexibility index (Phi) is 6.04. The highest BCUT2D eigenvalue weighted by Crippen LogP contribution is 2.35. The number of anilines is 1. The van der Waals surface area contributed by atoms with Gasteiger partial charge in [0.2, 0.25) is 0 Å². The first-order chi connectivity index (χ1) is 15.0. The summed E-state index contributed by atoms with van der Waals surface area (Å²) < 4.78 is 19.4. The fourth-order valence-corrected chi connectivity index (χ4v) is 4.09. The number of benzene rings is 2. The molecule has 2 amide bonds. The van der Waals surface area contributed by atoms with Gasteiger partial charge in [-0.15, -0.1) is 0 Å². The van der Waals surface area contributed by atoms with Crippen molar-refractivity contribution >= 4 is 23.1 Å². The van der Waals surface area contributed by atoms with Crippen molar-refractivity contribution in [2.45, 2.75) is 13.8 Å². The Morgan fingerprint density at radius 2 is 1.65 bits per heavy atom. The van der Waals surface area contributed by atoms with Crippen molar-refractivity contribution in [3.8, 4) is 5.75 Å². The monoisotopic (exact) mass is 423 g/mol. The first kappa shape index (κ1) is 21.1. The van der Waals surface area contributed by atoms with Gasteiger partial charge in [-0.2, -0.15) is 0 Å². The Bertz CT molecular complexity index is 1010. The van der Waals surface area contributed by atoms with Gasteiger partial charge in [0.05, 0.1) is 17.9 Å². The molecule has 2 aliphatic rings. The summed E-state index contributed by atoms with van der Waals surface area (Å²) in [6.07, 6.45) is 0. The first-order valence-electron chi connectivity index (χ1n) is 10.6. The highest BCUT2D eigenvalue weighted by molar-refractivity contribution is 6.45. The van der Waals surface area contributed by atoms with Crippen LogP contribution in [0.25, 0.3) is 5.57 Å². The van der Waals surface area contributed by atoms with Crippen LogP contribution < -0.4 is 9.64 Å². The van der Waals surface area contributed by atoms with E-state index in [1.165, 1.54) is 18.2 Å². The number of carbonyl (C=O) groups is 2. The van der Waals surface area contributed by atoms with E-state index in [0.29, 0.717) is 42.3 Å². The van der Waals surface area contributed by atoms with Gasteiger partial charge in [-0.3, -0.25) is 9.59 Å². The van der Waals surface area contributed by atoms with E-state index in [9.17, 15) is 14.0 Å². The molecule has 7 heteroatoms. The zero-order valence-electron chi connectivity index (χ0n) is 17.8. The molecule has 6 nitrogen and oxygen atoms in total. The number of rotatable bonds is 6. The van der Waals surface area contributed by atoms with Crippen molar-refractivity contribution in [2.24, 2.45) is 0 Å². The zero-order valence-corrected chi connectivity index (χ0v) is 17.8. The quantitative estimate of drug-likeness (QED) is 0.669. The van der Waals surface area contributed by atoms with Gasteiger partial charge in [-0.25, -0.2) is 9.29 Å². The average molecular weight is 423 g/mol. The molecular weight excluding hydrogens is 397 g/mol. The topological polar surface area (TPSA) is 53.1 Å². The van der Waals surface area contributed by atoms with E-state index in [1.54, 1.807) is 30.3 Å². The Hall–Kier alpha value is -3.19. The SMILES string of the molecule is CCOc1ccc(C2=C(N3CCN(CC)CC3)C(=O)N(c3cccc(F)c3)C2=O)cc1. The molecule has 0 spiro atoms. The summed E-state index contributed by atoms with van der Waals surface area (Å²) in [4.78, 5) is 32.3. The average Bonchev–Trinajstić information content (AvgIpc) is 3.04. The number of piperazine rings is 1. The third kappa shape index (κ3) is 4.05. The summed E-state index contributed by atoms with van der Waals surface area (Å²) in [5, 5.41) is 0. The Morgan fingerprint density at radius 1 is 0.935 bits per heavy atom. The van der Waals surface area contributed by atoms with E-state index in [1.807, 2.05) is 11.8 Å². The van der Waals surface area contributed by atoms with Crippen LogP contribution in [-0.4, -0.2) is 60.9 Å². The number of hydrogen-bond donors (Lipinski definition) is 0. The molecule has 2 heterocycles. The molecule has 4 rings (SSSR count). The number of likely N-dealkylation sites (N-methyl/N-ethyl adjacent to an activating group) is 1. The normalized spacial score (nSPS) is 17.6. The maximum atomic E-state index is 13.9. The molecule has 2 aromatic rings. The molecule has 31 heavy (non-hydrogen) atoms. The van der Waals surface area contributed by atoms with Gasteiger partial charge in [-0.1, -0.05) is 25.1 Å². The second-order valence-electron chi connectivity index (χ2n) is 7.53. The van der Waals surface area contributed by atoms with E-state index in [0.717, 1.165) is 24.5 Å². The molecule has 0 atom stereocenters. The number of amides is 2. The molecule has 0 unspecified atom stereocenters. The molecule has 0 radical (unpaired) electrons. The van der Waals surface area contributed by atoms with Crippen LogP contribution in [-0.2, 0) is 9.59 Å². The van der Waals surface area contributed by atoms with Crippen molar-refractivity contribution < 1.29 is 18.7 Å². The van der Waals surface area contributed by atoms with E-state index in [2.05, 4.69) is 11.8 Å². The number of halogens is 1. The van der Waals surface area contributed by atoms with E-state index in [-0.39, 0.29) is 5.69 Å². The van der Waals surface area contributed by atoms with Gasteiger partial charge in [0.15, 0.2) is 0 Å². The Morgan fingerprint density at radius 3 is 2.26 bits per heavy atom. The lowest BCUT2D eigenvalue weighted by atomic mass is 10.0. The molecule has 2 aromatic carbocycles. The molecule has 1 fully saturated rings. The number of nitrogens with zero attached hydrogens (tertiary/aromatic N) is 3. The predicted octanol–water partition coefficient (Wildman–Crippen LogP) is 3.15. The van der Waals surface area contributed by atoms with Gasteiger partial charge < -0.3 is 14.5 Å². The van der Waals surface area contributed by atoms with Gasteiger partial charge in [0.25, 0.3) is 11.8 Å². The second-order valence-corrected chi connectivity index (χ2v) is 7.53. The summed E-state index contributed by atoms with van der Waals surface area (Å²) in [7, 11) is 0. The van der Waals surface area contributed by atoms with Crippen LogP contribution in [0.2, 0.25) is 0 Å². The van der Waals surface area contributed by atoms with Gasteiger partial charge in [0.1, 0.15) is 17.3 Å². The van der Waals surface area contributed by atoms with Gasteiger partial charge in [0, 0.05) is 26.2 Å². The van der Waals surface area contributed by atoms with Crippen LogP contribution in [0, 0.1) is 5.82 Å². The first-order valence-corrected chi connectivity index (χ1v) is 10.6. The van der Waals surface area contributed by atoms with Crippen molar-refractivity contribution in [3.05, 3.63) is 65.6 Å². The smallest absolute Gasteiger partial charge is 0.282 e. The molecule has 0 aliphatic carbocycles. The fraction of sp³-hybridized carbons (Fsp3) is 0.333. The number of ether oxygens (including phenoxy) is 1. The molecule has 0 saturated carbocycles. The maximum absolute atomic E-state index is 13.9. The standard InChI is InChI=1S/C24H26FN3O3/c1-3-26-12-14-27(15-13-26)22-21(17-8-10-20(11-9-17)31-4-2)23(29)28(24(22)30)19-7-5-6-18(25)16-19/h5-11,16H,3-4,12-15H2,1-2H3. The summed E-state index contributed by atoms with van der Waals surface area (Å²) in [5.74, 6) is -0.647. The van der Waals surface area contributed by atoms with Crippen LogP contribution in [0.3, 0.4) is 0 Å². The minimum absolute atomic E-state index is 0.237. The van der Waals surface area contributed by atoms with Crippen LogP contribution in [0.15, 0.2) is 54.2 Å². The predicted molar refractivity (Wildman–Crippen MR) is 117 cm³/mol. The number of imide groups is 1. The zero-order chi connectivity index (χ0) is 22.0. The fourth-order valence-electron chi connectivity index (χ4n) is 4.09. The molecule has 162 valence electrons. The summed E-state index contributed by atoms with van der Waals surface area (Å²) in [5.41, 5.74) is 1.62. The maximum Gasteiger partial charge on any atom is 0.282 e. The Balaban J connectivity index is 1.75. The minimum atomic E-state index is -0.495. The molecular formula is C24H26FN3O3. The second kappa shape index (κ2) is 8.89. The van der Waals surface area contributed by atoms with E-state index < -0.39 is 17.6 Å². The van der Waals surface area contributed by atoms with Gasteiger partial charge in [-0.05, 0) is 49.4 Å². The number of hydrogen-bond acceptors (Lipinski definition) is 5. The highest BCUT2D eigenvalue weighted by atomic mass is 19.1. The van der Waals surface area contributed by atoms with Gasteiger partial charge >= 0.3 is 0 Å². The van der Waals surface area contributed by atoms with E-state index in [4.69, 9.17) is 4.74 Å². The molecule has 0 aromatic heterocycles. The lowest BCUT2D eigenvalue weighted by molar-refractivity contribution is -0.120. The van der Waals surface area contributed by atoms with Crippen LogP contribution >= 0.6 is 0 Å². The molecule has 0 bridgehead atoms. The van der Waals surface area contributed by atoms with Crippen molar-refractivity contribution in [1.82, 2.24) is 9.80 Å². The molecule has 0 N–H and O–H groups in total. The van der Waals surface area contributed by atoms with Crippen LogP contribution in [0.5, 0.6) is 5.75 Å². The largest absolute Gasteiger partial charge is 0.494 e. The molecule has 1 saturated heterocycles. The highest BCUT2D eigenvalue weighted by Gasteiger charge is 2.43. The molecule has 2 aliphatic heterocycles. The Labute approximate surface area is 181 Å². The van der Waals surface area contributed by atoms with Crippen molar-refractivity contribution in [1.29, 1.82) is 0 Å². The minimum Gasteiger partial charge on any atom is -0.494 e. The van der Waals surface area contributed by atoms with Crippen LogP contribution in [0.1, 0.15) is 19.4 Å². The summed E-state index contributed by atoms with van der Waals surface area (Å²) >= 11 is 0. The lowest BCUT2D eigenvalue weighted by Crippen LogP contribution is -2.47. The third-order valence-electron chi connectivity index (χ3n) is 5.72.